The number of carbonyl (C=O) groups excluding carboxylic acids is 2. The van der Waals surface area contributed by atoms with Gasteiger partial charge in [-0.1, -0.05) is 0 Å². The third-order valence-electron chi connectivity index (χ3n) is 5.61. The molecule has 1 saturated carbocycles. The van der Waals surface area contributed by atoms with Crippen LogP contribution in [0.2, 0.25) is 0 Å². The summed E-state index contributed by atoms with van der Waals surface area (Å²) >= 11 is 0. The van der Waals surface area contributed by atoms with Gasteiger partial charge in [0.2, 0.25) is 11.8 Å². The Morgan fingerprint density at radius 3 is 2.92 bits per heavy atom. The Kier molecular flexibility index (Phi) is 4.43. The zero-order valence-corrected chi connectivity index (χ0v) is 14.0. The summed E-state index contributed by atoms with van der Waals surface area (Å²) in [7, 11) is 0. The van der Waals surface area contributed by atoms with Crippen LogP contribution in [0.25, 0.3) is 0 Å². The minimum absolute atomic E-state index is 0.0325. The molecule has 25 heavy (non-hydrogen) atoms. The minimum Gasteiger partial charge on any atom is -0.393 e. The first-order valence-electron chi connectivity index (χ1n) is 8.88. The van der Waals surface area contributed by atoms with Crippen molar-refractivity contribution in [3.8, 4) is 0 Å². The van der Waals surface area contributed by atoms with Crippen molar-refractivity contribution in [3.05, 3.63) is 24.5 Å². The van der Waals surface area contributed by atoms with Gasteiger partial charge in [-0.3, -0.25) is 14.6 Å². The van der Waals surface area contributed by atoms with Gasteiger partial charge < -0.3 is 20.1 Å². The van der Waals surface area contributed by atoms with E-state index in [4.69, 9.17) is 4.74 Å². The SMILES string of the molecule is O=C(C[C@H]1CO[C@@H]2CN(C(=O)C3CC(O)C3)C[C@H]12)Nc1cccnc1. The van der Waals surface area contributed by atoms with E-state index in [9.17, 15) is 14.7 Å². The molecule has 2 amide bonds. The molecule has 4 rings (SSSR count). The molecule has 2 saturated heterocycles. The molecule has 2 N–H and O–H groups in total. The third-order valence-corrected chi connectivity index (χ3v) is 5.61. The van der Waals surface area contributed by atoms with Gasteiger partial charge >= 0.3 is 0 Å². The fourth-order valence-corrected chi connectivity index (χ4v) is 4.12. The Morgan fingerprint density at radius 1 is 1.36 bits per heavy atom. The topological polar surface area (TPSA) is 91.8 Å². The Bertz CT molecular complexity index is 647. The summed E-state index contributed by atoms with van der Waals surface area (Å²) < 4.78 is 5.84. The van der Waals surface area contributed by atoms with E-state index >= 15 is 0 Å². The van der Waals surface area contributed by atoms with E-state index in [1.165, 1.54) is 0 Å². The Labute approximate surface area is 146 Å². The van der Waals surface area contributed by atoms with Gasteiger partial charge in [0.25, 0.3) is 0 Å². The minimum atomic E-state index is -0.323. The molecule has 1 aliphatic carbocycles. The van der Waals surface area contributed by atoms with Gasteiger partial charge in [-0.25, -0.2) is 0 Å². The van der Waals surface area contributed by atoms with Crippen molar-refractivity contribution in [3.63, 3.8) is 0 Å². The van der Waals surface area contributed by atoms with E-state index in [1.54, 1.807) is 18.5 Å². The molecular formula is C18H23N3O4. The summed E-state index contributed by atoms with van der Waals surface area (Å²) in [4.78, 5) is 30.6. The van der Waals surface area contributed by atoms with Crippen LogP contribution in [-0.2, 0) is 14.3 Å². The number of aromatic nitrogens is 1. The van der Waals surface area contributed by atoms with Crippen molar-refractivity contribution in [1.29, 1.82) is 0 Å². The van der Waals surface area contributed by atoms with Gasteiger partial charge in [-0.2, -0.15) is 0 Å². The highest BCUT2D eigenvalue weighted by atomic mass is 16.5. The average molecular weight is 345 g/mol. The number of pyridine rings is 1. The van der Waals surface area contributed by atoms with E-state index in [0.29, 0.717) is 44.6 Å². The summed E-state index contributed by atoms with van der Waals surface area (Å²) in [6.07, 6.45) is 4.53. The standard InChI is InChI=1S/C18H23N3O4/c22-14-4-11(5-14)18(24)21-8-15-12(10-25-16(15)9-21)6-17(23)20-13-2-1-3-19-7-13/h1-3,7,11-12,14-16,22H,4-6,8-10H2,(H,20,23)/t11?,12-,14?,15+,16+/m0/s1. The van der Waals surface area contributed by atoms with Crippen LogP contribution in [0.3, 0.4) is 0 Å². The van der Waals surface area contributed by atoms with Gasteiger partial charge in [0.15, 0.2) is 0 Å². The lowest BCUT2D eigenvalue weighted by molar-refractivity contribution is -0.142. The number of amides is 2. The molecule has 3 fully saturated rings. The third kappa shape index (κ3) is 3.39. The van der Waals surface area contributed by atoms with E-state index in [2.05, 4.69) is 10.3 Å². The normalized spacial score (nSPS) is 33.6. The number of aliphatic hydroxyl groups excluding tert-OH is 1. The van der Waals surface area contributed by atoms with E-state index in [1.807, 2.05) is 11.0 Å². The van der Waals surface area contributed by atoms with Crippen LogP contribution in [0.1, 0.15) is 19.3 Å². The van der Waals surface area contributed by atoms with Gasteiger partial charge in [0.1, 0.15) is 0 Å². The van der Waals surface area contributed by atoms with Crippen molar-refractivity contribution in [2.45, 2.75) is 31.5 Å². The van der Waals surface area contributed by atoms with Crippen LogP contribution in [0.5, 0.6) is 0 Å². The Hall–Kier alpha value is -1.99. The number of aliphatic hydroxyl groups is 1. The predicted octanol–water partition coefficient (Wildman–Crippen LogP) is 0.654. The number of anilines is 1. The predicted molar refractivity (Wildman–Crippen MR) is 89.5 cm³/mol. The summed E-state index contributed by atoms with van der Waals surface area (Å²) in [5.41, 5.74) is 0.690. The highest BCUT2D eigenvalue weighted by Gasteiger charge is 2.47. The van der Waals surface area contributed by atoms with Crippen molar-refractivity contribution in [1.82, 2.24) is 9.88 Å². The fraction of sp³-hybridized carbons (Fsp3) is 0.611. The number of likely N-dealkylation sites (tertiary alicyclic amines) is 1. The lowest BCUT2D eigenvalue weighted by atomic mass is 9.81. The molecule has 1 aromatic rings. The van der Waals surface area contributed by atoms with Gasteiger partial charge in [-0.15, -0.1) is 0 Å². The first-order valence-corrected chi connectivity index (χ1v) is 8.88. The summed E-state index contributed by atoms with van der Waals surface area (Å²) in [6.45, 7) is 1.83. The number of nitrogens with zero attached hydrogens (tertiary/aromatic N) is 2. The highest BCUT2D eigenvalue weighted by molar-refractivity contribution is 5.90. The number of fused-ring (bicyclic) bond motifs is 1. The monoisotopic (exact) mass is 345 g/mol. The summed E-state index contributed by atoms with van der Waals surface area (Å²) in [6, 6.07) is 3.59. The maximum atomic E-state index is 12.4. The average Bonchev–Trinajstić information content (AvgIpc) is 3.14. The number of nitrogens with one attached hydrogen (secondary N) is 1. The zero-order valence-electron chi connectivity index (χ0n) is 14.0. The second-order valence-corrected chi connectivity index (χ2v) is 7.36. The van der Waals surface area contributed by atoms with E-state index in [0.717, 1.165) is 0 Å². The number of ether oxygens (including phenoxy) is 1. The van der Waals surface area contributed by atoms with Crippen LogP contribution in [0.4, 0.5) is 5.69 Å². The van der Waals surface area contributed by atoms with Crippen molar-refractivity contribution < 1.29 is 19.4 Å². The molecule has 134 valence electrons. The molecule has 1 aromatic heterocycles. The maximum absolute atomic E-state index is 12.4. The van der Waals surface area contributed by atoms with Gasteiger partial charge in [0.05, 0.1) is 30.7 Å². The molecule has 0 spiro atoms. The molecule has 7 nitrogen and oxygen atoms in total. The molecule has 0 bridgehead atoms. The van der Waals surface area contributed by atoms with Crippen LogP contribution in [0, 0.1) is 17.8 Å². The Morgan fingerprint density at radius 2 is 2.20 bits per heavy atom. The van der Waals surface area contributed by atoms with E-state index in [-0.39, 0.29) is 41.8 Å². The van der Waals surface area contributed by atoms with Gasteiger partial charge in [-0.05, 0) is 30.9 Å². The maximum Gasteiger partial charge on any atom is 0.225 e. The lowest BCUT2D eigenvalue weighted by Crippen LogP contribution is -2.43. The first kappa shape index (κ1) is 16.5. The van der Waals surface area contributed by atoms with Crippen LogP contribution in [-0.4, -0.2) is 58.7 Å². The van der Waals surface area contributed by atoms with Crippen LogP contribution in [0.15, 0.2) is 24.5 Å². The number of hydrogen-bond acceptors (Lipinski definition) is 5. The zero-order chi connectivity index (χ0) is 17.4. The number of carbonyl (C=O) groups is 2. The second kappa shape index (κ2) is 6.72. The molecule has 3 heterocycles. The van der Waals surface area contributed by atoms with Crippen molar-refractivity contribution >= 4 is 17.5 Å². The fourth-order valence-electron chi connectivity index (χ4n) is 4.12. The van der Waals surface area contributed by atoms with Gasteiger partial charge in [0, 0.05) is 37.5 Å². The molecule has 3 atom stereocenters. The molecule has 2 aliphatic heterocycles. The smallest absolute Gasteiger partial charge is 0.225 e. The van der Waals surface area contributed by atoms with Crippen LogP contribution >= 0.6 is 0 Å². The molecular weight excluding hydrogens is 322 g/mol. The summed E-state index contributed by atoms with van der Waals surface area (Å²) in [5, 5.41) is 12.2. The molecule has 0 aromatic carbocycles. The molecule has 3 aliphatic rings. The number of rotatable bonds is 4. The van der Waals surface area contributed by atoms with Crippen molar-refractivity contribution in [2.75, 3.05) is 25.0 Å². The molecule has 0 unspecified atom stereocenters. The second-order valence-electron chi connectivity index (χ2n) is 7.36. The largest absolute Gasteiger partial charge is 0.393 e. The first-order chi connectivity index (χ1) is 12.1. The highest BCUT2D eigenvalue weighted by Crippen LogP contribution is 2.38. The van der Waals surface area contributed by atoms with Crippen molar-refractivity contribution in [2.24, 2.45) is 17.8 Å². The van der Waals surface area contributed by atoms with E-state index < -0.39 is 0 Å². The van der Waals surface area contributed by atoms with Crippen LogP contribution < -0.4 is 5.32 Å². The summed E-state index contributed by atoms with van der Waals surface area (Å²) in [5.74, 6) is 0.386. The lowest BCUT2D eigenvalue weighted by Gasteiger charge is -2.33. The number of hydrogen-bond donors (Lipinski definition) is 2. The Balaban J connectivity index is 1.31. The molecule has 0 radical (unpaired) electrons. The quantitative estimate of drug-likeness (QED) is 0.836. The molecule has 7 heteroatoms.